The summed E-state index contributed by atoms with van der Waals surface area (Å²) in [5.41, 5.74) is 5.79. The molecule has 1 rings (SSSR count). The van der Waals surface area contributed by atoms with Crippen LogP contribution in [0.15, 0.2) is 6.33 Å². The molecule has 1 heterocycles. The summed E-state index contributed by atoms with van der Waals surface area (Å²) in [6.45, 7) is 0.382. The largest absolute Gasteiger partial charge is 0.464 e. The van der Waals surface area contributed by atoms with Crippen molar-refractivity contribution in [2.45, 2.75) is 13.0 Å². The van der Waals surface area contributed by atoms with Gasteiger partial charge in [-0.1, -0.05) is 0 Å². The van der Waals surface area contributed by atoms with Gasteiger partial charge in [-0.15, -0.1) is 0 Å². The maximum Gasteiger partial charge on any atom is 0.360 e. The molecule has 0 fully saturated rings. The number of nitrogen functional groups attached to an aromatic ring is 1. The van der Waals surface area contributed by atoms with E-state index in [1.54, 1.807) is 18.7 Å². The average Bonchev–Trinajstić information content (AvgIpc) is 2.66. The Morgan fingerprint density at radius 1 is 1.53 bits per heavy atom. The minimum atomic E-state index is -0.583. The van der Waals surface area contributed by atoms with Crippen LogP contribution in [-0.4, -0.2) is 47.5 Å². The Hall–Kier alpha value is -2.05. The fourth-order valence-corrected chi connectivity index (χ4v) is 1.26. The van der Waals surface area contributed by atoms with Crippen LogP contribution in [0.5, 0.6) is 0 Å². The SMILES string of the molecule is COC(=O)c1ncn(CCC(=O)N(C)C)c1N. The summed E-state index contributed by atoms with van der Waals surface area (Å²) in [5, 5.41) is 0. The van der Waals surface area contributed by atoms with Gasteiger partial charge in [0.25, 0.3) is 0 Å². The minimum absolute atomic E-state index is 0.0160. The van der Waals surface area contributed by atoms with Gasteiger partial charge in [0.05, 0.1) is 13.4 Å². The molecule has 0 aromatic carbocycles. The smallest absolute Gasteiger partial charge is 0.360 e. The van der Waals surface area contributed by atoms with E-state index in [0.717, 1.165) is 0 Å². The van der Waals surface area contributed by atoms with E-state index in [2.05, 4.69) is 9.72 Å². The van der Waals surface area contributed by atoms with Crippen LogP contribution in [0.2, 0.25) is 0 Å². The molecule has 0 spiro atoms. The Balaban J connectivity index is 2.71. The second kappa shape index (κ2) is 5.33. The summed E-state index contributed by atoms with van der Waals surface area (Å²) in [6.07, 6.45) is 1.72. The first-order valence-electron chi connectivity index (χ1n) is 5.06. The van der Waals surface area contributed by atoms with Crippen molar-refractivity contribution < 1.29 is 14.3 Å². The van der Waals surface area contributed by atoms with E-state index in [0.29, 0.717) is 13.0 Å². The Labute approximate surface area is 99.2 Å². The molecular weight excluding hydrogens is 224 g/mol. The highest BCUT2D eigenvalue weighted by Gasteiger charge is 2.16. The average molecular weight is 240 g/mol. The van der Waals surface area contributed by atoms with Gasteiger partial charge in [-0.2, -0.15) is 0 Å². The monoisotopic (exact) mass is 240 g/mol. The maximum atomic E-state index is 11.4. The number of nitrogens with zero attached hydrogens (tertiary/aromatic N) is 3. The molecule has 7 heteroatoms. The van der Waals surface area contributed by atoms with Crippen molar-refractivity contribution in [3.63, 3.8) is 0 Å². The zero-order valence-electron chi connectivity index (χ0n) is 10.1. The van der Waals surface area contributed by atoms with Gasteiger partial charge >= 0.3 is 5.97 Å². The molecule has 7 nitrogen and oxygen atoms in total. The second-order valence-corrected chi connectivity index (χ2v) is 3.70. The number of carbonyl (C=O) groups is 2. The van der Waals surface area contributed by atoms with Crippen molar-refractivity contribution in [3.05, 3.63) is 12.0 Å². The lowest BCUT2D eigenvalue weighted by Gasteiger charge is -2.10. The molecule has 0 saturated carbocycles. The normalized spacial score (nSPS) is 10.1. The molecule has 0 aliphatic heterocycles. The van der Waals surface area contributed by atoms with Crippen LogP contribution in [0.3, 0.4) is 0 Å². The summed E-state index contributed by atoms with van der Waals surface area (Å²) in [7, 11) is 4.62. The summed E-state index contributed by atoms with van der Waals surface area (Å²) in [6, 6.07) is 0. The number of methoxy groups -OCH3 is 1. The number of nitrogens with two attached hydrogens (primary N) is 1. The Bertz CT molecular complexity index is 425. The predicted molar refractivity (Wildman–Crippen MR) is 61.3 cm³/mol. The number of hydrogen-bond donors (Lipinski definition) is 1. The molecule has 0 aliphatic rings. The van der Waals surface area contributed by atoms with Crippen molar-refractivity contribution in [1.29, 1.82) is 0 Å². The van der Waals surface area contributed by atoms with Gasteiger partial charge in [-0.3, -0.25) is 4.79 Å². The molecule has 0 atom stereocenters. The molecule has 0 radical (unpaired) electrons. The van der Waals surface area contributed by atoms with Crippen LogP contribution in [0.25, 0.3) is 0 Å². The Kier molecular flexibility index (Phi) is 4.08. The first-order chi connectivity index (χ1) is 7.97. The van der Waals surface area contributed by atoms with Gasteiger partial charge in [-0.25, -0.2) is 9.78 Å². The molecule has 0 saturated heterocycles. The third-order valence-electron chi connectivity index (χ3n) is 2.32. The second-order valence-electron chi connectivity index (χ2n) is 3.70. The summed E-state index contributed by atoms with van der Waals surface area (Å²) in [4.78, 5) is 28.0. The minimum Gasteiger partial charge on any atom is -0.464 e. The van der Waals surface area contributed by atoms with Crippen molar-refractivity contribution in [1.82, 2.24) is 14.5 Å². The number of hydrogen-bond acceptors (Lipinski definition) is 5. The number of aromatic nitrogens is 2. The third kappa shape index (κ3) is 2.96. The van der Waals surface area contributed by atoms with Gasteiger partial charge in [0.1, 0.15) is 5.82 Å². The van der Waals surface area contributed by atoms with Crippen molar-refractivity contribution in [2.24, 2.45) is 0 Å². The number of amides is 1. The van der Waals surface area contributed by atoms with E-state index >= 15 is 0 Å². The number of esters is 1. The van der Waals surface area contributed by atoms with Crippen molar-refractivity contribution in [2.75, 3.05) is 26.9 Å². The number of carbonyl (C=O) groups excluding carboxylic acids is 2. The maximum absolute atomic E-state index is 11.4. The molecule has 17 heavy (non-hydrogen) atoms. The standard InChI is InChI=1S/C10H16N4O3/c1-13(2)7(15)4-5-14-6-12-8(9(14)11)10(16)17-3/h6H,4-5,11H2,1-3H3. The molecule has 0 bridgehead atoms. The van der Waals surface area contributed by atoms with E-state index in [9.17, 15) is 9.59 Å². The number of aryl methyl sites for hydroxylation is 1. The lowest BCUT2D eigenvalue weighted by atomic mass is 10.3. The molecule has 1 aromatic heterocycles. The van der Waals surface area contributed by atoms with Gasteiger partial charge in [0.15, 0.2) is 5.69 Å². The highest BCUT2D eigenvalue weighted by Crippen LogP contribution is 2.11. The van der Waals surface area contributed by atoms with Crippen LogP contribution in [-0.2, 0) is 16.1 Å². The van der Waals surface area contributed by atoms with E-state index in [1.807, 2.05) is 0 Å². The number of rotatable bonds is 4. The first-order valence-corrected chi connectivity index (χ1v) is 5.06. The molecule has 1 aromatic rings. The third-order valence-corrected chi connectivity index (χ3v) is 2.32. The van der Waals surface area contributed by atoms with Gasteiger partial charge in [0, 0.05) is 27.1 Å². The van der Waals surface area contributed by atoms with E-state index in [1.165, 1.54) is 18.3 Å². The van der Waals surface area contributed by atoms with Crippen LogP contribution >= 0.6 is 0 Å². The highest BCUT2D eigenvalue weighted by atomic mass is 16.5. The molecule has 1 amide bonds. The van der Waals surface area contributed by atoms with Crippen molar-refractivity contribution >= 4 is 17.7 Å². The number of imidazole rings is 1. The summed E-state index contributed by atoms with van der Waals surface area (Å²) >= 11 is 0. The Morgan fingerprint density at radius 3 is 2.71 bits per heavy atom. The van der Waals surface area contributed by atoms with E-state index in [-0.39, 0.29) is 17.4 Å². The van der Waals surface area contributed by atoms with E-state index < -0.39 is 5.97 Å². The van der Waals surface area contributed by atoms with Crippen LogP contribution < -0.4 is 5.73 Å². The first kappa shape index (κ1) is 13.0. The molecule has 0 aliphatic carbocycles. The van der Waals surface area contributed by atoms with E-state index in [4.69, 9.17) is 5.73 Å². The summed E-state index contributed by atoms with van der Waals surface area (Å²) < 4.78 is 6.07. The van der Waals surface area contributed by atoms with Crippen LogP contribution in [0.4, 0.5) is 5.82 Å². The van der Waals surface area contributed by atoms with Gasteiger partial charge in [-0.05, 0) is 0 Å². The quantitative estimate of drug-likeness (QED) is 0.731. The molecule has 0 unspecified atom stereocenters. The molecular formula is C10H16N4O3. The predicted octanol–water partition coefficient (Wildman–Crippen LogP) is -0.270. The zero-order valence-corrected chi connectivity index (χ0v) is 10.1. The van der Waals surface area contributed by atoms with Gasteiger partial charge < -0.3 is 19.9 Å². The molecule has 2 N–H and O–H groups in total. The summed E-state index contributed by atoms with van der Waals surface area (Å²) in [5.74, 6) is -0.388. The van der Waals surface area contributed by atoms with Crippen LogP contribution in [0, 0.1) is 0 Å². The topological polar surface area (TPSA) is 90.4 Å². The lowest BCUT2D eigenvalue weighted by Crippen LogP contribution is -2.23. The Morgan fingerprint density at radius 2 is 2.18 bits per heavy atom. The molecule has 94 valence electrons. The fraction of sp³-hybridized carbons (Fsp3) is 0.500. The van der Waals surface area contributed by atoms with Crippen LogP contribution in [0.1, 0.15) is 16.9 Å². The number of ether oxygens (including phenoxy) is 1. The zero-order chi connectivity index (χ0) is 13.0. The lowest BCUT2D eigenvalue weighted by molar-refractivity contribution is -0.128. The fourth-order valence-electron chi connectivity index (χ4n) is 1.26. The van der Waals surface area contributed by atoms with Gasteiger partial charge in [0.2, 0.25) is 5.91 Å². The number of anilines is 1. The van der Waals surface area contributed by atoms with Crippen molar-refractivity contribution in [3.8, 4) is 0 Å². The highest BCUT2D eigenvalue weighted by molar-refractivity contribution is 5.92.